The van der Waals surface area contributed by atoms with Gasteiger partial charge in [-0.25, -0.2) is 0 Å². The first-order chi connectivity index (χ1) is 8.79. The van der Waals surface area contributed by atoms with Gasteiger partial charge in [-0.15, -0.1) is 0 Å². The van der Waals surface area contributed by atoms with Gasteiger partial charge in [-0.3, -0.25) is 9.88 Å². The smallest absolute Gasteiger partial charge is 0.0583 e. The van der Waals surface area contributed by atoms with Crippen LogP contribution >= 0.6 is 0 Å². The summed E-state index contributed by atoms with van der Waals surface area (Å²) in [5.74, 6) is 1.12. The number of nitrogens with zero attached hydrogens (tertiary/aromatic N) is 2. The van der Waals surface area contributed by atoms with Gasteiger partial charge in [0.1, 0.15) is 0 Å². The predicted molar refractivity (Wildman–Crippen MR) is 69.8 cm³/mol. The van der Waals surface area contributed by atoms with Crippen LogP contribution in [0.2, 0.25) is 0 Å². The van der Waals surface area contributed by atoms with Crippen LogP contribution in [0.3, 0.4) is 0 Å². The first kappa shape index (κ1) is 12.1. The minimum atomic E-state index is -0.101. The molecule has 3 N–H and O–H groups in total. The lowest BCUT2D eigenvalue weighted by Gasteiger charge is -2.28. The molecule has 4 unspecified atom stereocenters. The summed E-state index contributed by atoms with van der Waals surface area (Å²) in [6.07, 6.45) is 5.69. The van der Waals surface area contributed by atoms with Crippen LogP contribution in [0.15, 0.2) is 24.5 Å². The van der Waals surface area contributed by atoms with Crippen molar-refractivity contribution in [2.75, 3.05) is 19.6 Å². The van der Waals surface area contributed by atoms with Crippen molar-refractivity contribution >= 4 is 0 Å². The van der Waals surface area contributed by atoms with E-state index in [1.165, 1.54) is 5.56 Å². The van der Waals surface area contributed by atoms with E-state index >= 15 is 0 Å². The monoisotopic (exact) mass is 247 g/mol. The largest absolute Gasteiger partial charge is 0.393 e. The molecule has 0 bridgehead atoms. The van der Waals surface area contributed by atoms with Crippen LogP contribution in [-0.4, -0.2) is 40.7 Å². The number of pyridine rings is 1. The Kier molecular flexibility index (Phi) is 3.33. The van der Waals surface area contributed by atoms with Crippen molar-refractivity contribution in [2.45, 2.75) is 25.0 Å². The summed E-state index contributed by atoms with van der Waals surface area (Å²) in [6, 6.07) is 4.36. The highest BCUT2D eigenvalue weighted by molar-refractivity contribution is 5.16. The Morgan fingerprint density at radius 2 is 2.11 bits per heavy atom. The predicted octanol–water partition coefficient (Wildman–Crippen LogP) is 0.784. The van der Waals surface area contributed by atoms with Crippen molar-refractivity contribution in [1.82, 2.24) is 9.88 Å². The maximum atomic E-state index is 9.97. The molecule has 2 fully saturated rings. The molecule has 2 heterocycles. The van der Waals surface area contributed by atoms with Gasteiger partial charge < -0.3 is 10.8 Å². The van der Waals surface area contributed by atoms with Gasteiger partial charge in [-0.2, -0.15) is 0 Å². The van der Waals surface area contributed by atoms with E-state index in [2.05, 4.69) is 9.88 Å². The SMILES string of the molecule is NCC(c1ccncc1)N1CC2CCC(O)C2C1. The van der Waals surface area contributed by atoms with E-state index < -0.39 is 0 Å². The van der Waals surface area contributed by atoms with Crippen molar-refractivity contribution in [3.05, 3.63) is 30.1 Å². The van der Waals surface area contributed by atoms with Crippen molar-refractivity contribution in [2.24, 2.45) is 17.6 Å². The summed E-state index contributed by atoms with van der Waals surface area (Å²) in [5, 5.41) is 9.97. The van der Waals surface area contributed by atoms with Crippen molar-refractivity contribution in [1.29, 1.82) is 0 Å². The molecule has 1 aromatic heterocycles. The number of hydrogen-bond acceptors (Lipinski definition) is 4. The van der Waals surface area contributed by atoms with E-state index in [4.69, 9.17) is 5.73 Å². The molecule has 2 aliphatic rings. The molecule has 0 radical (unpaired) electrons. The van der Waals surface area contributed by atoms with Crippen molar-refractivity contribution in [3.63, 3.8) is 0 Å². The molecule has 1 aliphatic carbocycles. The second-order valence-electron chi connectivity index (χ2n) is 5.55. The number of aromatic nitrogens is 1. The second-order valence-corrected chi connectivity index (χ2v) is 5.55. The third-order valence-corrected chi connectivity index (χ3v) is 4.60. The lowest BCUT2D eigenvalue weighted by Crippen LogP contribution is -2.33. The van der Waals surface area contributed by atoms with E-state index in [1.807, 2.05) is 24.5 Å². The normalized spacial score (nSPS) is 33.6. The standard InChI is InChI=1S/C14H21N3O/c15-7-13(10-3-5-16-6-4-10)17-8-11-1-2-14(18)12(11)9-17/h3-6,11-14,18H,1-2,7-9,15H2. The molecule has 1 saturated carbocycles. The highest BCUT2D eigenvalue weighted by Gasteiger charge is 2.43. The number of aliphatic hydroxyl groups excluding tert-OH is 1. The van der Waals surface area contributed by atoms with Gasteiger partial charge in [-0.05, 0) is 36.5 Å². The molecule has 98 valence electrons. The Morgan fingerprint density at radius 1 is 1.33 bits per heavy atom. The Labute approximate surface area is 108 Å². The van der Waals surface area contributed by atoms with Crippen molar-refractivity contribution < 1.29 is 5.11 Å². The zero-order chi connectivity index (χ0) is 12.5. The van der Waals surface area contributed by atoms with Gasteiger partial charge in [0.25, 0.3) is 0 Å². The average Bonchev–Trinajstić information content (AvgIpc) is 2.95. The summed E-state index contributed by atoms with van der Waals surface area (Å²) in [5.41, 5.74) is 7.18. The van der Waals surface area contributed by atoms with Gasteiger partial charge in [-0.1, -0.05) is 0 Å². The summed E-state index contributed by atoms with van der Waals surface area (Å²) < 4.78 is 0. The maximum Gasteiger partial charge on any atom is 0.0583 e. The zero-order valence-electron chi connectivity index (χ0n) is 10.6. The van der Waals surface area contributed by atoms with E-state index in [9.17, 15) is 5.11 Å². The fraction of sp³-hybridized carbons (Fsp3) is 0.643. The Hall–Kier alpha value is -0.970. The topological polar surface area (TPSA) is 62.4 Å². The summed E-state index contributed by atoms with van der Waals surface area (Å²) >= 11 is 0. The first-order valence-electron chi connectivity index (χ1n) is 6.81. The molecule has 4 nitrogen and oxygen atoms in total. The molecule has 1 saturated heterocycles. The summed E-state index contributed by atoms with van der Waals surface area (Å²) in [6.45, 7) is 2.68. The highest BCUT2D eigenvalue weighted by atomic mass is 16.3. The van der Waals surface area contributed by atoms with E-state index in [0.29, 0.717) is 18.4 Å². The number of hydrogen-bond donors (Lipinski definition) is 2. The van der Waals surface area contributed by atoms with Gasteiger partial charge in [0.05, 0.1) is 6.10 Å². The maximum absolute atomic E-state index is 9.97. The third-order valence-electron chi connectivity index (χ3n) is 4.60. The molecule has 4 heteroatoms. The van der Waals surface area contributed by atoms with Crippen LogP contribution in [0.4, 0.5) is 0 Å². The molecule has 1 aliphatic heterocycles. The van der Waals surface area contributed by atoms with Crippen molar-refractivity contribution in [3.8, 4) is 0 Å². The van der Waals surface area contributed by atoms with Crippen LogP contribution in [0.5, 0.6) is 0 Å². The number of fused-ring (bicyclic) bond motifs is 1. The van der Waals surface area contributed by atoms with E-state index in [0.717, 1.165) is 25.9 Å². The van der Waals surface area contributed by atoms with Gasteiger partial charge in [0.15, 0.2) is 0 Å². The second kappa shape index (κ2) is 4.96. The zero-order valence-corrected chi connectivity index (χ0v) is 10.6. The molecular formula is C14H21N3O. The molecule has 3 rings (SSSR count). The summed E-state index contributed by atoms with van der Waals surface area (Å²) in [4.78, 5) is 6.50. The van der Waals surface area contributed by atoms with Gasteiger partial charge in [0.2, 0.25) is 0 Å². The minimum Gasteiger partial charge on any atom is -0.393 e. The van der Waals surface area contributed by atoms with Gasteiger partial charge in [0, 0.05) is 44.0 Å². The molecule has 1 aromatic rings. The average molecular weight is 247 g/mol. The third kappa shape index (κ3) is 2.05. The molecule has 4 atom stereocenters. The number of aliphatic hydroxyl groups is 1. The Morgan fingerprint density at radius 3 is 2.78 bits per heavy atom. The number of nitrogens with two attached hydrogens (primary N) is 1. The van der Waals surface area contributed by atoms with E-state index in [1.54, 1.807) is 0 Å². The number of likely N-dealkylation sites (tertiary alicyclic amines) is 1. The molecule has 0 aromatic carbocycles. The van der Waals surface area contributed by atoms with Crippen LogP contribution in [0.1, 0.15) is 24.4 Å². The van der Waals surface area contributed by atoms with Gasteiger partial charge >= 0.3 is 0 Å². The molecule has 0 amide bonds. The quantitative estimate of drug-likeness (QED) is 0.829. The highest BCUT2D eigenvalue weighted by Crippen LogP contribution is 2.40. The molecular weight excluding hydrogens is 226 g/mol. The van der Waals surface area contributed by atoms with Crippen LogP contribution in [-0.2, 0) is 0 Å². The fourth-order valence-electron chi connectivity index (χ4n) is 3.61. The Bertz CT molecular complexity index is 397. The van der Waals surface area contributed by atoms with Crippen LogP contribution in [0, 0.1) is 11.8 Å². The van der Waals surface area contributed by atoms with E-state index in [-0.39, 0.29) is 12.1 Å². The minimum absolute atomic E-state index is 0.101. The number of rotatable bonds is 3. The first-order valence-corrected chi connectivity index (χ1v) is 6.81. The lowest BCUT2D eigenvalue weighted by atomic mass is 10.00. The lowest BCUT2D eigenvalue weighted by molar-refractivity contribution is 0.118. The fourth-order valence-corrected chi connectivity index (χ4v) is 3.61. The van der Waals surface area contributed by atoms with Crippen LogP contribution in [0.25, 0.3) is 0 Å². The summed E-state index contributed by atoms with van der Waals surface area (Å²) in [7, 11) is 0. The van der Waals surface area contributed by atoms with Crippen LogP contribution < -0.4 is 5.73 Å². The Balaban J connectivity index is 1.75. The molecule has 18 heavy (non-hydrogen) atoms. The molecule has 0 spiro atoms.